The van der Waals surface area contributed by atoms with Crippen LogP contribution in [0.2, 0.25) is 5.28 Å². The zero-order chi connectivity index (χ0) is 27.0. The Morgan fingerprint density at radius 2 is 1.82 bits per heavy atom. The Morgan fingerprint density at radius 3 is 2.47 bits per heavy atom. The van der Waals surface area contributed by atoms with E-state index in [2.05, 4.69) is 78.0 Å². The van der Waals surface area contributed by atoms with Crippen molar-refractivity contribution >= 4 is 48.0 Å². The summed E-state index contributed by atoms with van der Waals surface area (Å²) >= 11 is 6.02. The van der Waals surface area contributed by atoms with E-state index in [-0.39, 0.29) is 23.1 Å². The molecule has 0 amide bonds. The minimum absolute atomic E-state index is 0.0230. The third-order valence-electron chi connectivity index (χ3n) is 6.70. The molecule has 3 heterocycles. The second-order valence-electron chi connectivity index (χ2n) is 10.3. The number of aliphatic hydroxyl groups is 1. The summed E-state index contributed by atoms with van der Waals surface area (Å²) < 4.78 is 14.4. The first-order chi connectivity index (χ1) is 18.2. The van der Waals surface area contributed by atoms with Crippen molar-refractivity contribution in [3.05, 3.63) is 71.8 Å². The van der Waals surface area contributed by atoms with Crippen LogP contribution in [-0.2, 0) is 14.6 Å². The number of imidazole rings is 1. The predicted molar refractivity (Wildman–Crippen MR) is 150 cm³/mol. The molecule has 0 unspecified atom stereocenters. The molecule has 8 nitrogen and oxygen atoms in total. The molecule has 0 spiro atoms. The molecule has 38 heavy (non-hydrogen) atoms. The van der Waals surface area contributed by atoms with Crippen LogP contribution < -0.4 is 16.1 Å². The van der Waals surface area contributed by atoms with E-state index < -0.39 is 33.4 Å². The second-order valence-corrected chi connectivity index (χ2v) is 12.7. The van der Waals surface area contributed by atoms with Gasteiger partial charge in [0.2, 0.25) is 5.28 Å². The maximum Gasteiger partial charge on any atom is 0.283 e. The van der Waals surface area contributed by atoms with Crippen LogP contribution in [0.15, 0.2) is 60.9 Å². The lowest BCUT2D eigenvalue weighted by molar-refractivity contribution is -0.0459. The first-order valence-corrected chi connectivity index (χ1v) is 14.1. The van der Waals surface area contributed by atoms with Gasteiger partial charge in [0.25, 0.3) is 9.04 Å². The highest BCUT2D eigenvalue weighted by Crippen LogP contribution is 2.36. The molecule has 2 aromatic heterocycles. The van der Waals surface area contributed by atoms with Crippen molar-refractivity contribution in [1.29, 1.82) is 0 Å². The molecule has 1 fully saturated rings. The number of hydrogen-bond acceptors (Lipinski definition) is 7. The maximum absolute atomic E-state index is 11.1. The topological polar surface area (TPSA) is 108 Å². The number of terminal acetylenes is 1. The summed E-state index contributed by atoms with van der Waals surface area (Å²) in [5.74, 6) is 2.24. The minimum Gasteiger partial charge on any atom is -0.405 e. The van der Waals surface area contributed by atoms with Gasteiger partial charge in [-0.2, -0.15) is 9.97 Å². The molecule has 10 heteroatoms. The minimum atomic E-state index is -1.62. The number of nitrogens with zero attached hydrogens (tertiary/aromatic N) is 4. The average Bonchev–Trinajstić information content (AvgIpc) is 3.45. The number of fused-ring (bicyclic) bond motifs is 1. The molecule has 2 aromatic carbocycles. The SMILES string of the molecule is C#C[C@@H]1[C@@H](O)[C@H](n2cnc3c(N)nc(Cl)nc32)O[C@@H]1CO[Si](c1ccccc1)c1ccc(C(C)(C)C)cc1. The number of hydrogen-bond donors (Lipinski definition) is 2. The molecule has 0 saturated carbocycles. The largest absolute Gasteiger partial charge is 0.405 e. The lowest BCUT2D eigenvalue weighted by atomic mass is 9.87. The normalized spacial score (nSPS) is 21.7. The average molecular weight is 547 g/mol. The number of rotatable bonds is 6. The standard InChI is InChI=1S/C28H29ClN5O3Si/c1-5-20-21(37-26(23(20)35)34-16-31-22-24(30)32-27(29)33-25(22)34)15-36-38(18-9-7-6-8-10-18)19-13-11-17(12-14-19)28(2,3)4/h1,6-14,16,20-21,23,26,35H,15H2,2-4H3,(H2,30,32,33)/t20-,21+,23+,26+/m0/s1. The Hall–Kier alpha value is -3.26. The first-order valence-electron chi connectivity index (χ1n) is 12.3. The van der Waals surface area contributed by atoms with Gasteiger partial charge in [-0.1, -0.05) is 81.3 Å². The number of anilines is 1. The zero-order valence-electron chi connectivity index (χ0n) is 21.4. The molecule has 0 aliphatic carbocycles. The van der Waals surface area contributed by atoms with E-state index in [1.807, 2.05) is 18.2 Å². The van der Waals surface area contributed by atoms with Gasteiger partial charge in [-0.05, 0) is 33.0 Å². The number of benzene rings is 2. The first kappa shape index (κ1) is 26.3. The highest BCUT2D eigenvalue weighted by molar-refractivity contribution is 6.80. The number of halogens is 1. The number of nitrogens with two attached hydrogens (primary N) is 1. The van der Waals surface area contributed by atoms with Crippen LogP contribution in [-0.4, -0.2) is 52.5 Å². The molecule has 4 atom stereocenters. The van der Waals surface area contributed by atoms with Gasteiger partial charge in [-0.25, -0.2) is 4.98 Å². The van der Waals surface area contributed by atoms with E-state index in [4.69, 9.17) is 32.9 Å². The van der Waals surface area contributed by atoms with Gasteiger partial charge in [0.05, 0.1) is 25.0 Å². The van der Waals surface area contributed by atoms with Crippen molar-refractivity contribution in [2.75, 3.05) is 12.3 Å². The van der Waals surface area contributed by atoms with Crippen molar-refractivity contribution in [3.63, 3.8) is 0 Å². The van der Waals surface area contributed by atoms with Gasteiger partial charge >= 0.3 is 0 Å². The highest BCUT2D eigenvalue weighted by Gasteiger charge is 2.45. The quantitative estimate of drug-likeness (QED) is 0.217. The molecule has 5 rings (SSSR count). The lowest BCUT2D eigenvalue weighted by Gasteiger charge is -2.23. The molecule has 1 saturated heterocycles. The fourth-order valence-corrected chi connectivity index (χ4v) is 6.76. The summed E-state index contributed by atoms with van der Waals surface area (Å²) in [5, 5.41) is 13.3. The molecular weight excluding hydrogens is 518 g/mol. The van der Waals surface area contributed by atoms with E-state index in [1.54, 1.807) is 4.57 Å². The Balaban J connectivity index is 1.40. The number of nitrogen functional groups attached to an aromatic ring is 1. The number of aliphatic hydroxyl groups excluding tert-OH is 1. The van der Waals surface area contributed by atoms with Gasteiger partial charge < -0.3 is 20.0 Å². The summed E-state index contributed by atoms with van der Waals surface area (Å²) in [6, 6.07) is 18.7. The van der Waals surface area contributed by atoms with Crippen molar-refractivity contribution < 1.29 is 14.3 Å². The molecule has 3 N–H and O–H groups in total. The van der Waals surface area contributed by atoms with Crippen molar-refractivity contribution in [2.45, 2.75) is 44.6 Å². The van der Waals surface area contributed by atoms with Gasteiger partial charge in [-0.15, -0.1) is 6.42 Å². The van der Waals surface area contributed by atoms with Gasteiger partial charge in [0.15, 0.2) is 17.7 Å². The third-order valence-corrected chi connectivity index (χ3v) is 9.04. The fourth-order valence-electron chi connectivity index (χ4n) is 4.63. The van der Waals surface area contributed by atoms with Gasteiger partial charge in [0, 0.05) is 0 Å². The summed E-state index contributed by atoms with van der Waals surface area (Å²) in [7, 11) is -1.62. The maximum atomic E-state index is 11.1. The van der Waals surface area contributed by atoms with E-state index in [0.717, 1.165) is 10.4 Å². The Bertz CT molecular complexity index is 1470. The smallest absolute Gasteiger partial charge is 0.283 e. The van der Waals surface area contributed by atoms with Crippen molar-refractivity contribution in [3.8, 4) is 12.3 Å². The summed E-state index contributed by atoms with van der Waals surface area (Å²) in [4.78, 5) is 12.4. The Kier molecular flexibility index (Phi) is 7.27. The van der Waals surface area contributed by atoms with Crippen LogP contribution in [0.25, 0.3) is 11.2 Å². The van der Waals surface area contributed by atoms with Crippen LogP contribution in [0.3, 0.4) is 0 Å². The molecule has 1 aliphatic rings. The molecule has 0 bridgehead atoms. The summed E-state index contributed by atoms with van der Waals surface area (Å²) in [6.45, 7) is 6.78. The van der Waals surface area contributed by atoms with Gasteiger partial charge in [0.1, 0.15) is 11.6 Å². The van der Waals surface area contributed by atoms with Crippen LogP contribution in [0.4, 0.5) is 5.82 Å². The van der Waals surface area contributed by atoms with Gasteiger partial charge in [-0.3, -0.25) is 4.57 Å². The van der Waals surface area contributed by atoms with Crippen molar-refractivity contribution in [2.24, 2.45) is 5.92 Å². The zero-order valence-corrected chi connectivity index (χ0v) is 23.1. The molecule has 1 radical (unpaired) electrons. The number of ether oxygens (including phenoxy) is 1. The second kappa shape index (κ2) is 10.5. The molecule has 1 aliphatic heterocycles. The van der Waals surface area contributed by atoms with E-state index in [0.29, 0.717) is 11.2 Å². The molecular formula is C28H29ClN5O3Si. The highest BCUT2D eigenvalue weighted by atomic mass is 35.5. The van der Waals surface area contributed by atoms with E-state index in [9.17, 15) is 5.11 Å². The Morgan fingerprint density at radius 1 is 1.13 bits per heavy atom. The van der Waals surface area contributed by atoms with Crippen molar-refractivity contribution in [1.82, 2.24) is 19.5 Å². The monoisotopic (exact) mass is 546 g/mol. The van der Waals surface area contributed by atoms with Crippen LogP contribution in [0, 0.1) is 18.3 Å². The summed E-state index contributed by atoms with van der Waals surface area (Å²) in [6.07, 6.45) is 4.94. The third kappa shape index (κ3) is 5.06. The van der Waals surface area contributed by atoms with Crippen LogP contribution in [0.1, 0.15) is 32.6 Å². The lowest BCUT2D eigenvalue weighted by Crippen LogP contribution is -2.47. The van der Waals surface area contributed by atoms with Crippen LogP contribution in [0.5, 0.6) is 0 Å². The fraction of sp³-hybridized carbons (Fsp3) is 0.321. The van der Waals surface area contributed by atoms with E-state index >= 15 is 0 Å². The Labute approximate surface area is 228 Å². The predicted octanol–water partition coefficient (Wildman–Crippen LogP) is 2.69. The van der Waals surface area contributed by atoms with E-state index in [1.165, 1.54) is 11.9 Å². The molecule has 195 valence electrons. The summed E-state index contributed by atoms with van der Waals surface area (Å²) in [5.41, 5.74) is 7.98. The van der Waals surface area contributed by atoms with Crippen LogP contribution >= 0.6 is 11.6 Å². The molecule has 4 aromatic rings. The number of aromatic nitrogens is 4.